The van der Waals surface area contributed by atoms with Crippen LogP contribution in [-0.4, -0.2) is 33.3 Å². The molecular formula is C26H25F5N2O2. The van der Waals surface area contributed by atoms with Crippen molar-refractivity contribution in [1.82, 2.24) is 9.78 Å². The van der Waals surface area contributed by atoms with Gasteiger partial charge >= 0.3 is 6.18 Å². The van der Waals surface area contributed by atoms with E-state index in [1.165, 1.54) is 66.4 Å². The predicted molar refractivity (Wildman–Crippen MR) is 124 cm³/mol. The Hall–Kier alpha value is -3.46. The molecule has 4 nitrogen and oxygen atoms in total. The summed E-state index contributed by atoms with van der Waals surface area (Å²) in [6.45, 7) is 5.60. The first-order valence-corrected chi connectivity index (χ1v) is 10.8. The molecule has 1 aromatic heterocycles. The Bertz CT molecular complexity index is 1200. The van der Waals surface area contributed by atoms with Crippen LogP contribution in [-0.2, 0) is 4.74 Å². The van der Waals surface area contributed by atoms with E-state index in [0.29, 0.717) is 23.4 Å². The van der Waals surface area contributed by atoms with Crippen LogP contribution in [0, 0.1) is 5.82 Å². The number of aromatic nitrogens is 2. The SMILES string of the molecule is C=Cc1c(/C=C(\CC)C(O)(COC2=C(F)C=CCC(C)=C2)C(F)(F)F)cnn1-c1ccc(F)cc1. The summed E-state index contributed by atoms with van der Waals surface area (Å²) in [6.07, 6.45) is 2.95. The average Bonchev–Trinajstić information content (AvgIpc) is 3.14. The molecule has 0 radical (unpaired) electrons. The number of hydrogen-bond acceptors (Lipinski definition) is 3. The lowest BCUT2D eigenvalue weighted by atomic mass is 9.89. The van der Waals surface area contributed by atoms with Gasteiger partial charge in [0.05, 0.1) is 17.6 Å². The highest BCUT2D eigenvalue weighted by Crippen LogP contribution is 2.40. The normalized spacial score (nSPS) is 16.6. The standard InChI is InChI=1S/C26H25F5N2O2/c1-4-19(14-18-15-32-33(23(18)5-2)21-11-9-20(27)10-12-21)25(34,26(29,30)31)16-35-24-13-17(3)7-6-8-22(24)28/h5-6,8-15,34H,2,4,7,16H2,1,3H3/b19-14+. The zero-order valence-corrected chi connectivity index (χ0v) is 19.2. The Balaban J connectivity index is 2.02. The fraction of sp³-hybridized carbons (Fsp3) is 0.269. The molecule has 1 N–H and O–H groups in total. The van der Waals surface area contributed by atoms with Crippen molar-refractivity contribution >= 4 is 12.2 Å². The van der Waals surface area contributed by atoms with Gasteiger partial charge in [-0.1, -0.05) is 25.2 Å². The van der Waals surface area contributed by atoms with Gasteiger partial charge in [-0.3, -0.25) is 0 Å². The quantitative estimate of drug-likeness (QED) is 0.410. The molecule has 1 aliphatic carbocycles. The smallest absolute Gasteiger partial charge is 0.424 e. The summed E-state index contributed by atoms with van der Waals surface area (Å²) in [5, 5.41) is 15.0. The molecule has 0 saturated carbocycles. The molecule has 1 aromatic carbocycles. The van der Waals surface area contributed by atoms with Crippen molar-refractivity contribution in [1.29, 1.82) is 0 Å². The van der Waals surface area contributed by atoms with Crippen molar-refractivity contribution < 1.29 is 31.8 Å². The van der Waals surface area contributed by atoms with E-state index in [1.54, 1.807) is 6.92 Å². The summed E-state index contributed by atoms with van der Waals surface area (Å²) >= 11 is 0. The van der Waals surface area contributed by atoms with Gasteiger partial charge < -0.3 is 9.84 Å². The number of alkyl halides is 3. The van der Waals surface area contributed by atoms with Crippen LogP contribution in [0.3, 0.4) is 0 Å². The summed E-state index contributed by atoms with van der Waals surface area (Å²) in [5.74, 6) is -1.67. The fourth-order valence-corrected chi connectivity index (χ4v) is 3.61. The molecule has 186 valence electrons. The first kappa shape index (κ1) is 26.2. The monoisotopic (exact) mass is 492 g/mol. The van der Waals surface area contributed by atoms with Crippen LogP contribution < -0.4 is 0 Å². The van der Waals surface area contributed by atoms with Crippen LogP contribution in [0.15, 0.2) is 78.0 Å². The summed E-state index contributed by atoms with van der Waals surface area (Å²) in [7, 11) is 0. The lowest BCUT2D eigenvalue weighted by Gasteiger charge is -2.32. The van der Waals surface area contributed by atoms with Gasteiger partial charge in [0.15, 0.2) is 11.6 Å². The Morgan fingerprint density at radius 3 is 2.51 bits per heavy atom. The summed E-state index contributed by atoms with van der Waals surface area (Å²) in [4.78, 5) is 0. The van der Waals surface area contributed by atoms with Crippen LogP contribution in [0.4, 0.5) is 22.0 Å². The van der Waals surface area contributed by atoms with Crippen molar-refractivity contribution in [2.24, 2.45) is 0 Å². The highest BCUT2D eigenvalue weighted by atomic mass is 19.4. The first-order chi connectivity index (χ1) is 16.5. The molecule has 1 aliphatic rings. The second-order valence-electron chi connectivity index (χ2n) is 8.06. The molecule has 0 bridgehead atoms. The topological polar surface area (TPSA) is 47.3 Å². The number of allylic oxidation sites excluding steroid dienone is 5. The summed E-state index contributed by atoms with van der Waals surface area (Å²) in [6, 6.07) is 5.37. The van der Waals surface area contributed by atoms with Gasteiger partial charge in [0.2, 0.25) is 5.60 Å². The third-order valence-corrected chi connectivity index (χ3v) is 5.57. The van der Waals surface area contributed by atoms with Gasteiger partial charge in [0.1, 0.15) is 12.4 Å². The van der Waals surface area contributed by atoms with Crippen LogP contribution in [0.5, 0.6) is 0 Å². The zero-order chi connectivity index (χ0) is 25.8. The highest BCUT2D eigenvalue weighted by Gasteiger charge is 2.56. The number of halogens is 5. The lowest BCUT2D eigenvalue weighted by molar-refractivity contribution is -0.256. The molecule has 1 heterocycles. The molecule has 0 aliphatic heterocycles. The maximum atomic E-state index is 14.3. The van der Waals surface area contributed by atoms with E-state index < -0.39 is 35.6 Å². The van der Waals surface area contributed by atoms with Gasteiger partial charge in [0.25, 0.3) is 0 Å². The second-order valence-corrected chi connectivity index (χ2v) is 8.06. The number of aliphatic hydroxyl groups is 1. The molecular weight excluding hydrogens is 467 g/mol. The maximum absolute atomic E-state index is 14.3. The Morgan fingerprint density at radius 1 is 1.23 bits per heavy atom. The van der Waals surface area contributed by atoms with Crippen molar-refractivity contribution in [3.05, 3.63) is 95.1 Å². The molecule has 0 fully saturated rings. The van der Waals surface area contributed by atoms with Crippen molar-refractivity contribution in [3.63, 3.8) is 0 Å². The largest absolute Gasteiger partial charge is 0.487 e. The van der Waals surface area contributed by atoms with E-state index in [4.69, 9.17) is 4.74 Å². The fourth-order valence-electron chi connectivity index (χ4n) is 3.61. The second kappa shape index (κ2) is 10.4. The molecule has 3 rings (SSSR count). The molecule has 0 amide bonds. The number of nitrogens with zero attached hydrogens (tertiary/aromatic N) is 2. The Kier molecular flexibility index (Phi) is 7.80. The van der Waals surface area contributed by atoms with Crippen molar-refractivity contribution in [2.45, 2.75) is 38.5 Å². The Morgan fingerprint density at radius 2 is 1.91 bits per heavy atom. The van der Waals surface area contributed by atoms with Crippen LogP contribution in [0.25, 0.3) is 17.8 Å². The minimum absolute atomic E-state index is 0.187. The minimum atomic E-state index is -5.12. The van der Waals surface area contributed by atoms with Gasteiger partial charge in [-0.25, -0.2) is 13.5 Å². The first-order valence-electron chi connectivity index (χ1n) is 10.8. The summed E-state index contributed by atoms with van der Waals surface area (Å²) in [5.41, 5.74) is -2.05. The molecule has 1 unspecified atom stereocenters. The number of benzene rings is 1. The van der Waals surface area contributed by atoms with E-state index >= 15 is 0 Å². The number of hydrogen-bond donors (Lipinski definition) is 1. The molecule has 0 spiro atoms. The van der Waals surface area contributed by atoms with E-state index in [9.17, 15) is 27.1 Å². The molecule has 35 heavy (non-hydrogen) atoms. The van der Waals surface area contributed by atoms with E-state index in [-0.39, 0.29) is 17.7 Å². The van der Waals surface area contributed by atoms with Crippen molar-refractivity contribution in [2.75, 3.05) is 6.61 Å². The minimum Gasteiger partial charge on any atom is -0.487 e. The van der Waals surface area contributed by atoms with E-state index in [1.807, 2.05) is 0 Å². The maximum Gasteiger partial charge on any atom is 0.424 e. The van der Waals surface area contributed by atoms with Gasteiger partial charge in [-0.2, -0.15) is 18.3 Å². The molecule has 2 aromatic rings. The van der Waals surface area contributed by atoms with Crippen LogP contribution >= 0.6 is 0 Å². The van der Waals surface area contributed by atoms with Crippen molar-refractivity contribution in [3.8, 4) is 5.69 Å². The molecule has 1 atom stereocenters. The van der Waals surface area contributed by atoms with Crippen LogP contribution in [0.2, 0.25) is 0 Å². The number of ether oxygens (including phenoxy) is 1. The van der Waals surface area contributed by atoms with Crippen LogP contribution in [0.1, 0.15) is 37.9 Å². The third-order valence-electron chi connectivity index (χ3n) is 5.57. The summed E-state index contributed by atoms with van der Waals surface area (Å²) < 4.78 is 76.6. The third kappa shape index (κ3) is 5.62. The number of rotatable bonds is 8. The van der Waals surface area contributed by atoms with Gasteiger partial charge in [-0.05, 0) is 73.9 Å². The lowest BCUT2D eigenvalue weighted by Crippen LogP contribution is -2.50. The van der Waals surface area contributed by atoms with Gasteiger partial charge in [-0.15, -0.1) is 0 Å². The predicted octanol–water partition coefficient (Wildman–Crippen LogP) is 6.85. The van der Waals surface area contributed by atoms with Gasteiger partial charge in [0, 0.05) is 5.56 Å². The zero-order valence-electron chi connectivity index (χ0n) is 19.2. The highest BCUT2D eigenvalue weighted by molar-refractivity contribution is 5.66. The average molecular weight is 492 g/mol. The molecule has 9 heteroatoms. The van der Waals surface area contributed by atoms with E-state index in [0.717, 1.165) is 6.08 Å². The Labute approximate surface area is 200 Å². The molecule has 0 saturated heterocycles. The van der Waals surface area contributed by atoms with E-state index in [2.05, 4.69) is 11.7 Å².